The van der Waals surface area contributed by atoms with Crippen molar-refractivity contribution in [3.8, 4) is 0 Å². The van der Waals surface area contributed by atoms with Crippen molar-refractivity contribution in [2.75, 3.05) is 23.3 Å². The molecular weight excluding hydrogens is 399 g/mol. The Labute approximate surface area is 171 Å². The summed E-state index contributed by atoms with van der Waals surface area (Å²) >= 11 is 0. The van der Waals surface area contributed by atoms with Crippen molar-refractivity contribution in [2.24, 2.45) is 5.92 Å². The van der Waals surface area contributed by atoms with Crippen molar-refractivity contribution >= 4 is 29.1 Å². The van der Waals surface area contributed by atoms with Gasteiger partial charge in [0.05, 0.1) is 22.7 Å². The van der Waals surface area contributed by atoms with Gasteiger partial charge in [-0.05, 0) is 37.3 Å². The minimum absolute atomic E-state index is 0.0463. The summed E-state index contributed by atoms with van der Waals surface area (Å²) in [7, 11) is 0. The number of nitrogens with one attached hydrogen (secondary N) is 2. The molecule has 1 fully saturated rings. The number of carbonyl (C=O) groups is 3. The van der Waals surface area contributed by atoms with Gasteiger partial charge in [-0.1, -0.05) is 18.2 Å². The van der Waals surface area contributed by atoms with Gasteiger partial charge < -0.3 is 15.5 Å². The number of hydrogen-bond acceptors (Lipinski definition) is 3. The first kappa shape index (κ1) is 21.4. The van der Waals surface area contributed by atoms with E-state index in [-0.39, 0.29) is 30.1 Å². The summed E-state index contributed by atoms with van der Waals surface area (Å²) in [6, 6.07) is 10.9. The van der Waals surface area contributed by atoms with Crippen LogP contribution in [0.25, 0.3) is 0 Å². The molecular formula is C21H20F3N3O3. The van der Waals surface area contributed by atoms with Crippen LogP contribution in [0.3, 0.4) is 0 Å². The molecule has 3 amide bonds. The highest BCUT2D eigenvalue weighted by molar-refractivity contribution is 6.07. The van der Waals surface area contributed by atoms with Gasteiger partial charge in [-0.15, -0.1) is 0 Å². The molecule has 2 aromatic carbocycles. The third-order valence-corrected chi connectivity index (χ3v) is 4.75. The molecule has 1 heterocycles. The Morgan fingerprint density at radius 2 is 1.87 bits per heavy atom. The predicted molar refractivity (Wildman–Crippen MR) is 105 cm³/mol. The average Bonchev–Trinajstić information content (AvgIpc) is 3.10. The SMILES string of the molecule is CCNC(=O)c1ccccc1NC(=O)[C@@H]1CC(=O)N(c2cccc(C(F)(F)F)c2)C1. The second-order valence-electron chi connectivity index (χ2n) is 6.85. The van der Waals surface area contributed by atoms with Gasteiger partial charge in [-0.25, -0.2) is 0 Å². The normalized spacial score (nSPS) is 16.5. The summed E-state index contributed by atoms with van der Waals surface area (Å²) in [5, 5.41) is 5.31. The number of rotatable bonds is 5. The number of amides is 3. The summed E-state index contributed by atoms with van der Waals surface area (Å²) in [6.07, 6.45) is -4.66. The van der Waals surface area contributed by atoms with Crippen LogP contribution >= 0.6 is 0 Å². The highest BCUT2D eigenvalue weighted by Crippen LogP contribution is 2.33. The van der Waals surface area contributed by atoms with Gasteiger partial charge in [-0.3, -0.25) is 14.4 Å². The van der Waals surface area contributed by atoms with E-state index in [2.05, 4.69) is 10.6 Å². The average molecular weight is 419 g/mol. The fraction of sp³-hybridized carbons (Fsp3) is 0.286. The molecule has 0 spiro atoms. The Morgan fingerprint density at radius 3 is 2.57 bits per heavy atom. The Balaban J connectivity index is 1.75. The molecule has 0 unspecified atom stereocenters. The molecule has 1 saturated heterocycles. The van der Waals surface area contributed by atoms with Crippen LogP contribution in [0.15, 0.2) is 48.5 Å². The molecule has 2 aromatic rings. The number of halogens is 3. The third kappa shape index (κ3) is 4.61. The molecule has 30 heavy (non-hydrogen) atoms. The molecule has 1 aliphatic heterocycles. The Hall–Kier alpha value is -3.36. The van der Waals surface area contributed by atoms with Crippen LogP contribution in [0.5, 0.6) is 0 Å². The van der Waals surface area contributed by atoms with Crippen molar-refractivity contribution in [2.45, 2.75) is 19.5 Å². The lowest BCUT2D eigenvalue weighted by Crippen LogP contribution is -2.29. The molecule has 0 aliphatic carbocycles. The van der Waals surface area contributed by atoms with E-state index in [4.69, 9.17) is 0 Å². The zero-order chi connectivity index (χ0) is 21.9. The smallest absolute Gasteiger partial charge is 0.352 e. The molecule has 0 aromatic heterocycles. The van der Waals surface area contributed by atoms with Gasteiger partial charge in [0.15, 0.2) is 0 Å². The van der Waals surface area contributed by atoms with E-state index in [1.54, 1.807) is 31.2 Å². The van der Waals surface area contributed by atoms with Gasteiger partial charge in [0.2, 0.25) is 11.8 Å². The number of hydrogen-bond donors (Lipinski definition) is 2. The number of para-hydroxylation sites is 1. The first-order valence-electron chi connectivity index (χ1n) is 9.36. The van der Waals surface area contributed by atoms with Crippen LogP contribution < -0.4 is 15.5 Å². The molecule has 9 heteroatoms. The van der Waals surface area contributed by atoms with E-state index in [9.17, 15) is 27.6 Å². The van der Waals surface area contributed by atoms with E-state index >= 15 is 0 Å². The third-order valence-electron chi connectivity index (χ3n) is 4.75. The molecule has 0 saturated carbocycles. The van der Waals surface area contributed by atoms with E-state index in [0.717, 1.165) is 12.1 Å². The van der Waals surface area contributed by atoms with E-state index in [1.165, 1.54) is 17.0 Å². The van der Waals surface area contributed by atoms with Crippen LogP contribution in [0.2, 0.25) is 0 Å². The zero-order valence-electron chi connectivity index (χ0n) is 16.1. The van der Waals surface area contributed by atoms with Gasteiger partial charge in [0, 0.05) is 25.2 Å². The Kier molecular flexibility index (Phi) is 6.09. The lowest BCUT2D eigenvalue weighted by molar-refractivity contribution is -0.137. The summed E-state index contributed by atoms with van der Waals surface area (Å²) in [5.74, 6) is -2.02. The fourth-order valence-corrected chi connectivity index (χ4v) is 3.26. The topological polar surface area (TPSA) is 78.5 Å². The van der Waals surface area contributed by atoms with E-state index in [1.807, 2.05) is 0 Å². The molecule has 0 bridgehead atoms. The second kappa shape index (κ2) is 8.56. The monoisotopic (exact) mass is 419 g/mol. The van der Waals surface area contributed by atoms with Crippen molar-refractivity contribution in [3.63, 3.8) is 0 Å². The molecule has 158 valence electrons. The largest absolute Gasteiger partial charge is 0.416 e. The van der Waals surface area contributed by atoms with Crippen LogP contribution in [0, 0.1) is 5.92 Å². The number of alkyl halides is 3. The van der Waals surface area contributed by atoms with Gasteiger partial charge in [-0.2, -0.15) is 13.2 Å². The lowest BCUT2D eigenvalue weighted by atomic mass is 10.1. The fourth-order valence-electron chi connectivity index (χ4n) is 3.26. The highest BCUT2D eigenvalue weighted by Gasteiger charge is 2.37. The van der Waals surface area contributed by atoms with Crippen LogP contribution in [0.1, 0.15) is 29.3 Å². The molecule has 6 nitrogen and oxygen atoms in total. The van der Waals surface area contributed by atoms with Crippen LogP contribution in [0.4, 0.5) is 24.5 Å². The standard InChI is InChI=1S/C21H20F3N3O3/c1-2-25-20(30)16-8-3-4-9-17(16)26-19(29)13-10-18(28)27(12-13)15-7-5-6-14(11-15)21(22,23)24/h3-9,11,13H,2,10,12H2,1H3,(H,25,30)(H,26,29)/t13-/m1/s1. The summed E-state index contributed by atoms with van der Waals surface area (Å²) in [6.45, 7) is 2.14. The number of benzene rings is 2. The van der Waals surface area contributed by atoms with Crippen LogP contribution in [-0.4, -0.2) is 30.8 Å². The maximum Gasteiger partial charge on any atom is 0.416 e. The van der Waals surface area contributed by atoms with Gasteiger partial charge in [0.1, 0.15) is 0 Å². The Morgan fingerprint density at radius 1 is 1.13 bits per heavy atom. The van der Waals surface area contributed by atoms with Crippen molar-refractivity contribution < 1.29 is 27.6 Å². The number of nitrogens with zero attached hydrogens (tertiary/aromatic N) is 1. The molecule has 1 aliphatic rings. The minimum Gasteiger partial charge on any atom is -0.352 e. The van der Waals surface area contributed by atoms with Crippen molar-refractivity contribution in [1.29, 1.82) is 0 Å². The predicted octanol–water partition coefficient (Wildman–Crippen LogP) is 3.45. The molecule has 1 atom stereocenters. The first-order valence-corrected chi connectivity index (χ1v) is 9.36. The van der Waals surface area contributed by atoms with E-state index < -0.39 is 29.5 Å². The minimum atomic E-state index is -4.53. The maximum absolute atomic E-state index is 13.0. The molecule has 3 rings (SSSR count). The van der Waals surface area contributed by atoms with E-state index in [0.29, 0.717) is 12.2 Å². The highest BCUT2D eigenvalue weighted by atomic mass is 19.4. The van der Waals surface area contributed by atoms with Crippen LogP contribution in [-0.2, 0) is 15.8 Å². The Bertz CT molecular complexity index is 975. The van der Waals surface area contributed by atoms with Gasteiger partial charge >= 0.3 is 6.18 Å². The molecule has 2 N–H and O–H groups in total. The maximum atomic E-state index is 13.0. The summed E-state index contributed by atoms with van der Waals surface area (Å²) in [5.41, 5.74) is -0.186. The summed E-state index contributed by atoms with van der Waals surface area (Å²) < 4.78 is 38.9. The number of carbonyl (C=O) groups excluding carboxylic acids is 3. The number of anilines is 2. The van der Waals surface area contributed by atoms with Crippen molar-refractivity contribution in [3.05, 3.63) is 59.7 Å². The molecule has 0 radical (unpaired) electrons. The second-order valence-corrected chi connectivity index (χ2v) is 6.85. The first-order chi connectivity index (χ1) is 14.2. The zero-order valence-corrected chi connectivity index (χ0v) is 16.1. The van der Waals surface area contributed by atoms with Gasteiger partial charge in [0.25, 0.3) is 5.91 Å². The van der Waals surface area contributed by atoms with Crippen molar-refractivity contribution in [1.82, 2.24) is 5.32 Å². The summed E-state index contributed by atoms with van der Waals surface area (Å²) in [4.78, 5) is 38.4. The quantitative estimate of drug-likeness (QED) is 0.779. The lowest BCUT2D eigenvalue weighted by Gasteiger charge is -2.18.